The molecule has 1 aliphatic heterocycles. The molecule has 1 aromatic rings. The van der Waals surface area contributed by atoms with Crippen LogP contribution in [-0.4, -0.2) is 25.7 Å². The van der Waals surface area contributed by atoms with Crippen LogP contribution in [0.2, 0.25) is 0 Å². The Hall–Kier alpha value is -0.610. The second-order valence-corrected chi connectivity index (χ2v) is 6.77. The second kappa shape index (κ2) is 5.17. The number of halogens is 2. The van der Waals surface area contributed by atoms with Crippen LogP contribution in [-0.2, 0) is 0 Å². The van der Waals surface area contributed by atoms with E-state index in [1.54, 1.807) is 12.1 Å². The van der Waals surface area contributed by atoms with Crippen molar-refractivity contribution in [1.29, 1.82) is 0 Å². The zero-order valence-electron chi connectivity index (χ0n) is 11.1. The average molecular weight is 315 g/mol. The largest absolute Gasteiger partial charge is 0.369 e. The van der Waals surface area contributed by atoms with Crippen molar-refractivity contribution in [2.45, 2.75) is 26.8 Å². The summed E-state index contributed by atoms with van der Waals surface area (Å²) in [7, 11) is 0. The highest BCUT2D eigenvalue weighted by molar-refractivity contribution is 9.10. The first kappa shape index (κ1) is 13.8. The second-order valence-electron chi connectivity index (χ2n) is 5.92. The lowest BCUT2D eigenvalue weighted by molar-refractivity contribution is 0.254. The van der Waals surface area contributed by atoms with E-state index in [1.165, 1.54) is 0 Å². The summed E-state index contributed by atoms with van der Waals surface area (Å²) >= 11 is 3.19. The fourth-order valence-corrected chi connectivity index (χ4v) is 2.49. The number of piperazine rings is 1. The molecule has 2 nitrogen and oxygen atoms in total. The minimum atomic E-state index is -0.196. The van der Waals surface area contributed by atoms with Crippen LogP contribution in [0.5, 0.6) is 0 Å². The number of nitrogens with one attached hydrogen (secondary N) is 1. The molecule has 1 saturated heterocycles. The Kier molecular flexibility index (Phi) is 3.97. The molecule has 0 bridgehead atoms. The molecule has 1 aliphatic rings. The Balaban J connectivity index is 2.15. The number of hydrogen-bond acceptors (Lipinski definition) is 2. The molecule has 1 unspecified atom stereocenters. The smallest absolute Gasteiger partial charge is 0.139 e. The van der Waals surface area contributed by atoms with E-state index >= 15 is 0 Å². The van der Waals surface area contributed by atoms with E-state index in [1.807, 2.05) is 6.07 Å². The minimum absolute atomic E-state index is 0.196. The van der Waals surface area contributed by atoms with Gasteiger partial charge in [-0.1, -0.05) is 20.8 Å². The third-order valence-electron chi connectivity index (χ3n) is 3.49. The Morgan fingerprint density at radius 2 is 2.11 bits per heavy atom. The summed E-state index contributed by atoms with van der Waals surface area (Å²) < 4.78 is 14.1. The highest BCUT2D eigenvalue weighted by Gasteiger charge is 2.29. The molecule has 1 fully saturated rings. The Morgan fingerprint density at radius 1 is 1.39 bits per heavy atom. The molecule has 1 aromatic carbocycles. The monoisotopic (exact) mass is 314 g/mol. The van der Waals surface area contributed by atoms with Crippen LogP contribution in [0.25, 0.3) is 0 Å². The van der Waals surface area contributed by atoms with E-state index in [-0.39, 0.29) is 11.2 Å². The maximum Gasteiger partial charge on any atom is 0.139 e. The van der Waals surface area contributed by atoms with E-state index in [2.05, 4.69) is 46.9 Å². The molecule has 0 saturated carbocycles. The van der Waals surface area contributed by atoms with E-state index in [0.29, 0.717) is 10.5 Å². The van der Waals surface area contributed by atoms with Crippen LogP contribution < -0.4 is 10.2 Å². The van der Waals surface area contributed by atoms with E-state index in [4.69, 9.17) is 0 Å². The molecule has 18 heavy (non-hydrogen) atoms. The van der Waals surface area contributed by atoms with Crippen molar-refractivity contribution >= 4 is 21.6 Å². The summed E-state index contributed by atoms with van der Waals surface area (Å²) in [5, 5.41) is 3.54. The fraction of sp³-hybridized carbons (Fsp3) is 0.571. The van der Waals surface area contributed by atoms with Crippen LogP contribution in [0.1, 0.15) is 20.8 Å². The molecule has 100 valence electrons. The molecule has 4 heteroatoms. The highest BCUT2D eigenvalue weighted by atomic mass is 79.9. The molecule has 0 aromatic heterocycles. The van der Waals surface area contributed by atoms with Crippen molar-refractivity contribution in [3.8, 4) is 0 Å². The van der Waals surface area contributed by atoms with E-state index < -0.39 is 0 Å². The quantitative estimate of drug-likeness (QED) is 0.854. The van der Waals surface area contributed by atoms with Crippen molar-refractivity contribution in [2.75, 3.05) is 24.5 Å². The lowest BCUT2D eigenvalue weighted by atomic mass is 9.85. The van der Waals surface area contributed by atoms with Crippen molar-refractivity contribution in [2.24, 2.45) is 5.41 Å². The van der Waals surface area contributed by atoms with Crippen molar-refractivity contribution in [3.05, 3.63) is 28.5 Å². The van der Waals surface area contributed by atoms with Gasteiger partial charge >= 0.3 is 0 Å². The summed E-state index contributed by atoms with van der Waals surface area (Å²) in [6.07, 6.45) is 0. The Bertz CT molecular complexity index is 428. The third kappa shape index (κ3) is 3.04. The summed E-state index contributed by atoms with van der Waals surface area (Å²) in [5.41, 5.74) is 1.18. The lowest BCUT2D eigenvalue weighted by Crippen LogP contribution is -2.56. The number of hydrogen-bond donors (Lipinski definition) is 1. The van der Waals surface area contributed by atoms with Gasteiger partial charge in [-0.2, -0.15) is 0 Å². The van der Waals surface area contributed by atoms with Gasteiger partial charge in [-0.3, -0.25) is 0 Å². The zero-order valence-corrected chi connectivity index (χ0v) is 12.7. The standard InChI is InChI=1S/C14H20BrFN2/c1-14(2,3)13-9-18(7-6-17-13)10-4-5-11(15)12(16)8-10/h4-5,8,13,17H,6-7,9H2,1-3H3. The molecule has 0 radical (unpaired) electrons. The Morgan fingerprint density at radius 3 is 2.72 bits per heavy atom. The fourth-order valence-electron chi connectivity index (χ4n) is 2.25. The molecule has 0 spiro atoms. The zero-order chi connectivity index (χ0) is 13.3. The maximum absolute atomic E-state index is 13.6. The topological polar surface area (TPSA) is 15.3 Å². The lowest BCUT2D eigenvalue weighted by Gasteiger charge is -2.41. The molecular formula is C14H20BrFN2. The number of nitrogens with zero attached hydrogens (tertiary/aromatic N) is 1. The molecular weight excluding hydrogens is 295 g/mol. The van der Waals surface area contributed by atoms with Crippen LogP contribution in [0, 0.1) is 11.2 Å². The summed E-state index contributed by atoms with van der Waals surface area (Å²) in [6.45, 7) is 9.49. The van der Waals surface area contributed by atoms with E-state index in [9.17, 15) is 4.39 Å². The molecule has 1 heterocycles. The van der Waals surface area contributed by atoms with Gasteiger partial charge in [0.15, 0.2) is 0 Å². The molecule has 2 rings (SSSR count). The third-order valence-corrected chi connectivity index (χ3v) is 4.13. The van der Waals surface area contributed by atoms with Crippen LogP contribution in [0.4, 0.5) is 10.1 Å². The first-order valence-electron chi connectivity index (χ1n) is 6.31. The minimum Gasteiger partial charge on any atom is -0.369 e. The Labute approximate surface area is 117 Å². The summed E-state index contributed by atoms with van der Waals surface area (Å²) in [4.78, 5) is 2.25. The number of anilines is 1. The summed E-state index contributed by atoms with van der Waals surface area (Å²) in [5.74, 6) is -0.196. The molecule has 0 aliphatic carbocycles. The van der Waals surface area contributed by atoms with Gasteiger partial charge in [0.25, 0.3) is 0 Å². The molecule has 1 N–H and O–H groups in total. The van der Waals surface area contributed by atoms with Gasteiger partial charge in [-0.05, 0) is 39.5 Å². The SMILES string of the molecule is CC(C)(C)C1CN(c2ccc(Br)c(F)c2)CCN1. The van der Waals surface area contributed by atoms with Gasteiger partial charge < -0.3 is 10.2 Å². The van der Waals surface area contributed by atoms with E-state index in [0.717, 1.165) is 25.3 Å². The van der Waals surface area contributed by atoms with Gasteiger partial charge in [0, 0.05) is 31.4 Å². The maximum atomic E-state index is 13.6. The van der Waals surface area contributed by atoms with Crippen LogP contribution >= 0.6 is 15.9 Å². The van der Waals surface area contributed by atoms with Crippen molar-refractivity contribution in [1.82, 2.24) is 5.32 Å². The van der Waals surface area contributed by atoms with Gasteiger partial charge in [0.2, 0.25) is 0 Å². The number of benzene rings is 1. The molecule has 0 amide bonds. The van der Waals surface area contributed by atoms with Gasteiger partial charge in [-0.25, -0.2) is 4.39 Å². The van der Waals surface area contributed by atoms with Gasteiger partial charge in [0.05, 0.1) is 4.47 Å². The predicted octanol–water partition coefficient (Wildman–Crippen LogP) is 3.41. The highest BCUT2D eigenvalue weighted by Crippen LogP contribution is 2.27. The predicted molar refractivity (Wildman–Crippen MR) is 77.6 cm³/mol. The summed E-state index contributed by atoms with van der Waals surface area (Å²) in [6, 6.07) is 5.78. The van der Waals surface area contributed by atoms with Gasteiger partial charge in [0.1, 0.15) is 5.82 Å². The van der Waals surface area contributed by atoms with Gasteiger partial charge in [-0.15, -0.1) is 0 Å². The van der Waals surface area contributed by atoms with Crippen molar-refractivity contribution in [3.63, 3.8) is 0 Å². The first-order chi connectivity index (χ1) is 8.38. The molecule has 1 atom stereocenters. The van der Waals surface area contributed by atoms with Crippen LogP contribution in [0.15, 0.2) is 22.7 Å². The first-order valence-corrected chi connectivity index (χ1v) is 7.10. The average Bonchev–Trinajstić information content (AvgIpc) is 2.32. The number of rotatable bonds is 1. The van der Waals surface area contributed by atoms with Crippen molar-refractivity contribution < 1.29 is 4.39 Å². The normalized spacial score (nSPS) is 21.2. The van der Waals surface area contributed by atoms with Crippen LogP contribution in [0.3, 0.4) is 0 Å².